The summed E-state index contributed by atoms with van der Waals surface area (Å²) in [6.07, 6.45) is 2.62. The van der Waals surface area contributed by atoms with Crippen LogP contribution < -0.4 is 0 Å². The number of carbonyl (C=O) groups is 1. The maximum atomic E-state index is 13.6. The molecule has 3 aromatic carbocycles. The Balaban J connectivity index is 1.56. The van der Waals surface area contributed by atoms with Crippen LogP contribution >= 0.6 is 0 Å². The van der Waals surface area contributed by atoms with Gasteiger partial charge in [0.1, 0.15) is 0 Å². The summed E-state index contributed by atoms with van der Waals surface area (Å²) in [5, 5.41) is 1.12. The molecule has 0 unspecified atom stereocenters. The second-order valence-corrected chi connectivity index (χ2v) is 10.5. The van der Waals surface area contributed by atoms with Crippen LogP contribution in [0.3, 0.4) is 0 Å². The highest BCUT2D eigenvalue weighted by Gasteiger charge is 2.28. The van der Waals surface area contributed by atoms with Gasteiger partial charge in [0.25, 0.3) is 0 Å². The number of nitrogens with one attached hydrogen (secondary N) is 1. The zero-order chi connectivity index (χ0) is 25.4. The molecule has 4 aromatic rings. The minimum atomic E-state index is -3.86. The molecule has 0 aliphatic rings. The maximum absolute atomic E-state index is 13.6. The summed E-state index contributed by atoms with van der Waals surface area (Å²) < 4.78 is 33.0. The molecule has 0 aliphatic carbocycles. The van der Waals surface area contributed by atoms with E-state index in [1.165, 1.54) is 11.4 Å². The number of fused-ring (bicyclic) bond motifs is 1. The van der Waals surface area contributed by atoms with Crippen LogP contribution in [0, 0.1) is 0 Å². The van der Waals surface area contributed by atoms with Crippen LogP contribution in [-0.4, -0.2) is 61.9 Å². The number of benzene rings is 3. The molecule has 0 aliphatic heterocycles. The third-order valence-electron chi connectivity index (χ3n) is 6.13. The number of aromatic amines is 1. The second-order valence-electron chi connectivity index (χ2n) is 8.55. The largest absolute Gasteiger partial charge is 0.383 e. The topological polar surface area (TPSA) is 82.7 Å². The summed E-state index contributed by atoms with van der Waals surface area (Å²) in [6.45, 7) is 0.861. The van der Waals surface area contributed by atoms with Gasteiger partial charge in [0.2, 0.25) is 15.9 Å². The van der Waals surface area contributed by atoms with Crippen molar-refractivity contribution in [2.75, 3.05) is 33.4 Å². The molecule has 1 aromatic heterocycles. The lowest BCUT2D eigenvalue weighted by molar-refractivity contribution is -0.132. The van der Waals surface area contributed by atoms with Gasteiger partial charge in [-0.25, -0.2) is 8.42 Å². The fraction of sp³-hybridized carbons (Fsp3) is 0.250. The number of methoxy groups -OCH3 is 1. The molecule has 0 radical (unpaired) electrons. The van der Waals surface area contributed by atoms with Crippen molar-refractivity contribution in [3.05, 3.63) is 102 Å². The Kier molecular flexibility index (Phi) is 8.53. The third kappa shape index (κ3) is 6.20. The van der Waals surface area contributed by atoms with Gasteiger partial charge in [0.05, 0.1) is 18.0 Å². The quantitative estimate of drug-likeness (QED) is 0.315. The smallest absolute Gasteiger partial charge is 0.243 e. The van der Waals surface area contributed by atoms with Gasteiger partial charge in [-0.15, -0.1) is 0 Å². The molecule has 8 heteroatoms. The monoisotopic (exact) mass is 505 g/mol. The van der Waals surface area contributed by atoms with Gasteiger partial charge in [0.15, 0.2) is 0 Å². The van der Waals surface area contributed by atoms with Crippen LogP contribution in [0.1, 0.15) is 11.1 Å². The maximum Gasteiger partial charge on any atom is 0.243 e. The molecule has 7 nitrogen and oxygen atoms in total. The molecule has 0 saturated heterocycles. The molecule has 4 rings (SSSR count). The van der Waals surface area contributed by atoms with Gasteiger partial charge in [-0.3, -0.25) is 4.79 Å². The standard InChI is InChI=1S/C28H31N3O4S/c1-35-19-18-31(36(33,34)25-12-6-3-7-13-25)22-28(32)30(21-23-10-4-2-5-11-23)17-16-24-20-29-27-15-9-8-14-26(24)27/h2-15,20,29H,16-19,21-22H2,1H3. The Hall–Kier alpha value is -3.46. The van der Waals surface area contributed by atoms with Crippen molar-refractivity contribution in [3.8, 4) is 0 Å². The summed E-state index contributed by atoms with van der Waals surface area (Å²) >= 11 is 0. The molecule has 0 spiro atoms. The molecule has 0 bridgehead atoms. The summed E-state index contributed by atoms with van der Waals surface area (Å²) in [5.41, 5.74) is 3.15. The molecule has 1 amide bonds. The van der Waals surface area contributed by atoms with Crippen LogP contribution in [0.15, 0.2) is 96.0 Å². The van der Waals surface area contributed by atoms with Crippen molar-refractivity contribution in [2.45, 2.75) is 17.9 Å². The molecular weight excluding hydrogens is 474 g/mol. The summed E-state index contributed by atoms with van der Waals surface area (Å²) in [7, 11) is -2.35. The van der Waals surface area contributed by atoms with E-state index < -0.39 is 10.0 Å². The number of amides is 1. The van der Waals surface area contributed by atoms with E-state index in [-0.39, 0.29) is 30.5 Å². The first-order valence-corrected chi connectivity index (χ1v) is 13.3. The molecule has 1 heterocycles. The first-order valence-electron chi connectivity index (χ1n) is 11.9. The lowest BCUT2D eigenvalue weighted by Gasteiger charge is -2.27. The van der Waals surface area contributed by atoms with E-state index in [2.05, 4.69) is 11.1 Å². The van der Waals surface area contributed by atoms with Gasteiger partial charge in [0, 0.05) is 43.8 Å². The van der Waals surface area contributed by atoms with Gasteiger partial charge < -0.3 is 14.6 Å². The predicted octanol–water partition coefficient (Wildman–Crippen LogP) is 4.08. The van der Waals surface area contributed by atoms with E-state index in [0.29, 0.717) is 19.5 Å². The Morgan fingerprint density at radius 2 is 1.56 bits per heavy atom. The number of H-pyrrole nitrogens is 1. The minimum Gasteiger partial charge on any atom is -0.383 e. The lowest BCUT2D eigenvalue weighted by atomic mass is 10.1. The zero-order valence-electron chi connectivity index (χ0n) is 20.3. The number of sulfonamides is 1. The van der Waals surface area contributed by atoms with Crippen LogP contribution in [-0.2, 0) is 32.5 Å². The van der Waals surface area contributed by atoms with Crippen molar-refractivity contribution in [1.82, 2.24) is 14.2 Å². The summed E-state index contributed by atoms with van der Waals surface area (Å²) in [5.74, 6) is -0.255. The summed E-state index contributed by atoms with van der Waals surface area (Å²) in [4.78, 5) is 18.8. The third-order valence-corrected chi connectivity index (χ3v) is 7.99. The minimum absolute atomic E-state index is 0.0844. The molecule has 36 heavy (non-hydrogen) atoms. The number of aromatic nitrogens is 1. The van der Waals surface area contributed by atoms with Crippen LogP contribution in [0.5, 0.6) is 0 Å². The number of carbonyl (C=O) groups excluding carboxylic acids is 1. The van der Waals surface area contributed by atoms with E-state index in [9.17, 15) is 13.2 Å². The molecule has 0 saturated carbocycles. The highest BCUT2D eigenvalue weighted by Crippen LogP contribution is 2.20. The Morgan fingerprint density at radius 1 is 0.889 bits per heavy atom. The van der Waals surface area contributed by atoms with Crippen molar-refractivity contribution in [3.63, 3.8) is 0 Å². The Labute approximate surface area is 212 Å². The average molecular weight is 506 g/mol. The Morgan fingerprint density at radius 3 is 2.28 bits per heavy atom. The predicted molar refractivity (Wildman–Crippen MR) is 141 cm³/mol. The van der Waals surface area contributed by atoms with E-state index in [1.807, 2.05) is 54.7 Å². The van der Waals surface area contributed by atoms with E-state index in [1.54, 1.807) is 35.2 Å². The van der Waals surface area contributed by atoms with Crippen molar-refractivity contribution >= 4 is 26.8 Å². The number of hydrogen-bond acceptors (Lipinski definition) is 4. The van der Waals surface area contributed by atoms with Gasteiger partial charge in [-0.2, -0.15) is 4.31 Å². The Bertz CT molecular complexity index is 1370. The second kappa shape index (κ2) is 12.0. The average Bonchev–Trinajstić information content (AvgIpc) is 3.33. The molecular formula is C28H31N3O4S. The summed E-state index contributed by atoms with van der Waals surface area (Å²) in [6, 6.07) is 26.0. The molecule has 0 atom stereocenters. The number of para-hydroxylation sites is 1. The number of ether oxygens (including phenoxy) is 1. The highest BCUT2D eigenvalue weighted by molar-refractivity contribution is 7.89. The van der Waals surface area contributed by atoms with Crippen molar-refractivity contribution < 1.29 is 17.9 Å². The van der Waals surface area contributed by atoms with Crippen molar-refractivity contribution in [1.29, 1.82) is 0 Å². The first kappa shape index (κ1) is 25.6. The van der Waals surface area contributed by atoms with E-state index >= 15 is 0 Å². The van der Waals surface area contributed by atoms with Gasteiger partial charge >= 0.3 is 0 Å². The highest BCUT2D eigenvalue weighted by atomic mass is 32.2. The van der Waals surface area contributed by atoms with Crippen molar-refractivity contribution in [2.24, 2.45) is 0 Å². The molecule has 188 valence electrons. The first-order chi connectivity index (χ1) is 17.5. The van der Waals surface area contributed by atoms with E-state index in [0.717, 1.165) is 22.0 Å². The number of rotatable bonds is 12. The lowest BCUT2D eigenvalue weighted by Crippen LogP contribution is -2.44. The van der Waals surface area contributed by atoms with Gasteiger partial charge in [-0.1, -0.05) is 66.7 Å². The number of nitrogens with zero attached hydrogens (tertiary/aromatic N) is 2. The zero-order valence-corrected chi connectivity index (χ0v) is 21.2. The van der Waals surface area contributed by atoms with Crippen LogP contribution in [0.25, 0.3) is 10.9 Å². The molecule has 1 N–H and O–H groups in total. The fourth-order valence-electron chi connectivity index (χ4n) is 4.16. The molecule has 0 fully saturated rings. The van der Waals surface area contributed by atoms with E-state index in [4.69, 9.17) is 4.74 Å². The SMILES string of the molecule is COCCN(CC(=O)N(CCc1c[nH]c2ccccc12)Cc1ccccc1)S(=O)(=O)c1ccccc1. The normalized spacial score (nSPS) is 11.7. The van der Waals surface area contributed by atoms with Gasteiger partial charge in [-0.05, 0) is 35.7 Å². The van der Waals surface area contributed by atoms with Crippen LogP contribution in [0.2, 0.25) is 0 Å². The van der Waals surface area contributed by atoms with Crippen LogP contribution in [0.4, 0.5) is 0 Å². The fourth-order valence-corrected chi connectivity index (χ4v) is 5.55. The number of hydrogen-bond donors (Lipinski definition) is 1.